The largest absolute Gasteiger partial charge is 0.332 e. The van der Waals surface area contributed by atoms with Crippen molar-refractivity contribution in [2.24, 2.45) is 0 Å². The van der Waals surface area contributed by atoms with E-state index in [0.29, 0.717) is 0 Å². The number of aromatic nitrogens is 4. The van der Waals surface area contributed by atoms with Crippen LogP contribution in [0, 0.1) is 0 Å². The van der Waals surface area contributed by atoms with Gasteiger partial charge < -0.3 is 4.57 Å². The highest BCUT2D eigenvalue weighted by atomic mass is 32.1. The normalized spacial score (nSPS) is 10.7. The average Bonchev–Trinajstić information content (AvgIpc) is 3.02. The molecule has 0 bridgehead atoms. The Morgan fingerprint density at radius 2 is 2.22 bits per heavy atom. The van der Waals surface area contributed by atoms with E-state index in [1.165, 1.54) is 10.9 Å². The lowest BCUT2D eigenvalue weighted by molar-refractivity contribution is 0.810. The maximum atomic E-state index is 10.9. The van der Waals surface area contributed by atoms with Crippen LogP contribution in [0.3, 0.4) is 0 Å². The minimum atomic E-state index is -0.186. The molecule has 0 atom stereocenters. The standard InChI is InChI=1S/C12H10N4OS/c17-12-4-2-10(14-15-12)11-3-1-9(18-11)7-16-6-5-13-8-16/h1-6,8H,7H2,(H,15,17). The molecule has 90 valence electrons. The SMILES string of the molecule is O=c1ccc(-c2ccc(Cn3ccnc3)s2)n[nH]1. The number of aromatic amines is 1. The van der Waals surface area contributed by atoms with Gasteiger partial charge in [0.2, 0.25) is 0 Å². The van der Waals surface area contributed by atoms with Crippen LogP contribution in [0.15, 0.2) is 47.8 Å². The summed E-state index contributed by atoms with van der Waals surface area (Å²) < 4.78 is 2.01. The number of imidazole rings is 1. The second kappa shape index (κ2) is 4.58. The van der Waals surface area contributed by atoms with Crippen LogP contribution in [0.5, 0.6) is 0 Å². The van der Waals surface area contributed by atoms with E-state index in [-0.39, 0.29) is 5.56 Å². The Morgan fingerprint density at radius 1 is 1.28 bits per heavy atom. The molecule has 0 saturated heterocycles. The van der Waals surface area contributed by atoms with Crippen molar-refractivity contribution in [2.75, 3.05) is 0 Å². The summed E-state index contributed by atoms with van der Waals surface area (Å²) in [5.41, 5.74) is 0.602. The fourth-order valence-corrected chi connectivity index (χ4v) is 2.63. The fraction of sp³-hybridized carbons (Fsp3) is 0.0833. The van der Waals surface area contributed by atoms with Gasteiger partial charge in [-0.3, -0.25) is 4.79 Å². The highest BCUT2D eigenvalue weighted by Gasteiger charge is 2.04. The summed E-state index contributed by atoms with van der Waals surface area (Å²) in [5, 5.41) is 6.45. The van der Waals surface area contributed by atoms with Gasteiger partial charge in [0.15, 0.2) is 0 Å². The Kier molecular flexibility index (Phi) is 2.77. The molecule has 3 rings (SSSR count). The molecule has 0 aliphatic carbocycles. The van der Waals surface area contributed by atoms with E-state index in [0.717, 1.165) is 17.1 Å². The van der Waals surface area contributed by atoms with Crippen LogP contribution in [0.4, 0.5) is 0 Å². The third-order valence-corrected chi connectivity index (χ3v) is 3.58. The van der Waals surface area contributed by atoms with E-state index in [2.05, 4.69) is 21.2 Å². The highest BCUT2D eigenvalue weighted by molar-refractivity contribution is 7.15. The van der Waals surface area contributed by atoms with E-state index in [1.54, 1.807) is 29.9 Å². The van der Waals surface area contributed by atoms with E-state index >= 15 is 0 Å². The van der Waals surface area contributed by atoms with Crippen molar-refractivity contribution in [3.63, 3.8) is 0 Å². The Bertz CT molecular complexity index is 678. The van der Waals surface area contributed by atoms with Crippen LogP contribution < -0.4 is 5.56 Å². The minimum Gasteiger partial charge on any atom is -0.332 e. The van der Waals surface area contributed by atoms with E-state index < -0.39 is 0 Å². The number of H-pyrrole nitrogens is 1. The summed E-state index contributed by atoms with van der Waals surface area (Å²) in [6.07, 6.45) is 5.48. The lowest BCUT2D eigenvalue weighted by Crippen LogP contribution is -2.05. The zero-order valence-corrected chi connectivity index (χ0v) is 10.2. The lowest BCUT2D eigenvalue weighted by atomic mass is 10.3. The first-order chi connectivity index (χ1) is 8.81. The molecule has 1 N–H and O–H groups in total. The molecule has 5 nitrogen and oxygen atoms in total. The zero-order valence-electron chi connectivity index (χ0n) is 9.41. The summed E-state index contributed by atoms with van der Waals surface area (Å²) in [4.78, 5) is 17.2. The Hall–Kier alpha value is -2.21. The summed E-state index contributed by atoms with van der Waals surface area (Å²) in [6, 6.07) is 7.29. The molecule has 3 heterocycles. The fourth-order valence-electron chi connectivity index (χ4n) is 1.64. The van der Waals surface area contributed by atoms with Gasteiger partial charge in [-0.15, -0.1) is 11.3 Å². The van der Waals surface area contributed by atoms with Crippen molar-refractivity contribution < 1.29 is 0 Å². The predicted molar refractivity (Wildman–Crippen MR) is 69.5 cm³/mol. The van der Waals surface area contributed by atoms with Gasteiger partial charge in [-0.2, -0.15) is 5.10 Å². The van der Waals surface area contributed by atoms with Crippen LogP contribution in [-0.4, -0.2) is 19.7 Å². The van der Waals surface area contributed by atoms with Gasteiger partial charge in [-0.1, -0.05) is 0 Å². The monoisotopic (exact) mass is 258 g/mol. The van der Waals surface area contributed by atoms with Crippen molar-refractivity contribution in [3.05, 3.63) is 58.2 Å². The molecule has 0 unspecified atom stereocenters. The number of thiophene rings is 1. The minimum absolute atomic E-state index is 0.186. The van der Waals surface area contributed by atoms with Gasteiger partial charge in [0.05, 0.1) is 17.7 Å². The second-order valence-corrected chi connectivity index (χ2v) is 4.98. The van der Waals surface area contributed by atoms with Crippen LogP contribution in [0.2, 0.25) is 0 Å². The summed E-state index contributed by atoms with van der Waals surface area (Å²) in [7, 11) is 0. The van der Waals surface area contributed by atoms with Crippen molar-refractivity contribution in [2.45, 2.75) is 6.54 Å². The molecule has 0 radical (unpaired) electrons. The van der Waals surface area contributed by atoms with Crippen molar-refractivity contribution in [1.29, 1.82) is 0 Å². The topological polar surface area (TPSA) is 63.6 Å². The van der Waals surface area contributed by atoms with Gasteiger partial charge in [0.25, 0.3) is 5.56 Å². The first kappa shape index (κ1) is 10.9. The number of rotatable bonds is 3. The number of nitrogens with one attached hydrogen (secondary N) is 1. The molecule has 0 aromatic carbocycles. The number of nitrogens with zero attached hydrogens (tertiary/aromatic N) is 3. The zero-order chi connectivity index (χ0) is 12.4. The van der Waals surface area contributed by atoms with E-state index in [9.17, 15) is 4.79 Å². The molecule has 18 heavy (non-hydrogen) atoms. The van der Waals surface area contributed by atoms with Crippen molar-refractivity contribution in [3.8, 4) is 10.6 Å². The maximum absolute atomic E-state index is 10.9. The number of hydrogen-bond acceptors (Lipinski definition) is 4. The van der Waals surface area contributed by atoms with Crippen LogP contribution in [0.25, 0.3) is 10.6 Å². The maximum Gasteiger partial charge on any atom is 0.264 e. The van der Waals surface area contributed by atoms with E-state index in [4.69, 9.17) is 0 Å². The lowest BCUT2D eigenvalue weighted by Gasteiger charge is -1.97. The average molecular weight is 258 g/mol. The Balaban J connectivity index is 1.85. The molecule has 0 aliphatic heterocycles. The molecular weight excluding hydrogens is 248 g/mol. The first-order valence-corrected chi connectivity index (χ1v) is 6.23. The molecule has 0 amide bonds. The van der Waals surface area contributed by atoms with Crippen LogP contribution >= 0.6 is 11.3 Å². The molecule has 0 fully saturated rings. The van der Waals surface area contributed by atoms with Crippen molar-refractivity contribution in [1.82, 2.24) is 19.7 Å². The first-order valence-electron chi connectivity index (χ1n) is 5.42. The van der Waals surface area contributed by atoms with Crippen LogP contribution in [-0.2, 0) is 6.54 Å². The molecule has 6 heteroatoms. The van der Waals surface area contributed by atoms with E-state index in [1.807, 2.05) is 16.8 Å². The van der Waals surface area contributed by atoms with Crippen molar-refractivity contribution >= 4 is 11.3 Å². The highest BCUT2D eigenvalue weighted by Crippen LogP contribution is 2.26. The molecule has 3 aromatic heterocycles. The molecule has 0 saturated carbocycles. The Morgan fingerprint density at radius 3 is 2.94 bits per heavy atom. The van der Waals surface area contributed by atoms with Gasteiger partial charge in [-0.05, 0) is 18.2 Å². The second-order valence-electron chi connectivity index (χ2n) is 3.81. The summed E-state index contributed by atoms with van der Waals surface area (Å²) in [5.74, 6) is 0. The quantitative estimate of drug-likeness (QED) is 0.778. The molecular formula is C12H10N4OS. The summed E-state index contributed by atoms with van der Waals surface area (Å²) in [6.45, 7) is 0.800. The Labute approximate surface area is 107 Å². The third kappa shape index (κ3) is 2.23. The van der Waals surface area contributed by atoms with Gasteiger partial charge in [0, 0.05) is 23.3 Å². The third-order valence-electron chi connectivity index (χ3n) is 2.49. The van der Waals surface area contributed by atoms with Crippen LogP contribution in [0.1, 0.15) is 4.88 Å². The van der Waals surface area contributed by atoms with Gasteiger partial charge in [0.1, 0.15) is 5.69 Å². The summed E-state index contributed by atoms with van der Waals surface area (Å²) >= 11 is 1.66. The predicted octanol–water partition coefficient (Wildman–Crippen LogP) is 1.74. The molecule has 3 aromatic rings. The smallest absolute Gasteiger partial charge is 0.264 e. The number of hydrogen-bond donors (Lipinski definition) is 1. The van der Waals surface area contributed by atoms with Gasteiger partial charge >= 0.3 is 0 Å². The molecule has 0 spiro atoms. The molecule has 0 aliphatic rings. The van der Waals surface area contributed by atoms with Gasteiger partial charge in [-0.25, -0.2) is 10.1 Å².